The summed E-state index contributed by atoms with van der Waals surface area (Å²) in [6.07, 6.45) is 1.80. The SMILES string of the molecule is CC12CN3CC(C)(CN(C1)C3c1cc3ccccc3nc1I)C2. The highest BCUT2D eigenvalue weighted by atomic mass is 127. The van der Waals surface area contributed by atoms with Crippen LogP contribution in [0.25, 0.3) is 10.9 Å². The lowest BCUT2D eigenvalue weighted by atomic mass is 9.63. The van der Waals surface area contributed by atoms with Gasteiger partial charge in [0.1, 0.15) is 3.70 Å². The number of piperidine rings is 2. The van der Waals surface area contributed by atoms with Gasteiger partial charge in [0, 0.05) is 37.1 Å². The van der Waals surface area contributed by atoms with Gasteiger partial charge in [0.2, 0.25) is 0 Å². The van der Waals surface area contributed by atoms with Gasteiger partial charge >= 0.3 is 0 Å². The molecule has 0 aliphatic carbocycles. The average molecular weight is 419 g/mol. The molecule has 4 saturated heterocycles. The van der Waals surface area contributed by atoms with E-state index in [1.807, 2.05) is 0 Å². The Morgan fingerprint density at radius 1 is 1.04 bits per heavy atom. The number of benzene rings is 1. The second kappa shape index (κ2) is 4.67. The van der Waals surface area contributed by atoms with E-state index < -0.39 is 0 Å². The van der Waals surface area contributed by atoms with Crippen LogP contribution in [0, 0.1) is 14.5 Å². The fourth-order valence-corrected chi connectivity index (χ4v) is 6.38. The molecular formula is C19H22IN3. The maximum absolute atomic E-state index is 4.88. The molecule has 0 unspecified atom stereocenters. The van der Waals surface area contributed by atoms with Gasteiger partial charge in [-0.05, 0) is 52.0 Å². The highest BCUT2D eigenvalue weighted by Gasteiger charge is 2.56. The summed E-state index contributed by atoms with van der Waals surface area (Å²) >= 11 is 2.43. The third kappa shape index (κ3) is 2.18. The fourth-order valence-electron chi connectivity index (χ4n) is 5.69. The first-order valence-corrected chi connectivity index (χ1v) is 9.56. The molecule has 6 rings (SSSR count). The monoisotopic (exact) mass is 419 g/mol. The van der Waals surface area contributed by atoms with Gasteiger partial charge in [0.25, 0.3) is 0 Å². The summed E-state index contributed by atoms with van der Waals surface area (Å²) in [6.45, 7) is 9.87. The number of fused-ring (bicyclic) bond motifs is 1. The number of hydrogen-bond donors (Lipinski definition) is 0. The summed E-state index contributed by atoms with van der Waals surface area (Å²) in [7, 11) is 0. The molecule has 0 saturated carbocycles. The van der Waals surface area contributed by atoms with Crippen molar-refractivity contribution in [2.24, 2.45) is 10.8 Å². The summed E-state index contributed by atoms with van der Waals surface area (Å²) in [5, 5.41) is 1.26. The number of pyridine rings is 1. The summed E-state index contributed by atoms with van der Waals surface area (Å²) in [5.74, 6) is 0. The molecule has 0 radical (unpaired) electrons. The Labute approximate surface area is 151 Å². The van der Waals surface area contributed by atoms with Gasteiger partial charge in [-0.15, -0.1) is 0 Å². The molecule has 4 heteroatoms. The van der Waals surface area contributed by atoms with Crippen LogP contribution in [0.1, 0.15) is 32.0 Å². The Hall–Kier alpha value is -0.720. The predicted molar refractivity (Wildman–Crippen MR) is 101 cm³/mol. The maximum atomic E-state index is 4.88. The molecule has 0 spiro atoms. The topological polar surface area (TPSA) is 19.4 Å². The first-order valence-electron chi connectivity index (χ1n) is 8.48. The molecule has 4 aliphatic rings. The average Bonchev–Trinajstić information content (AvgIpc) is 2.44. The van der Waals surface area contributed by atoms with Gasteiger partial charge in [-0.25, -0.2) is 4.98 Å². The van der Waals surface area contributed by atoms with Crippen molar-refractivity contribution in [1.29, 1.82) is 0 Å². The Morgan fingerprint density at radius 2 is 1.65 bits per heavy atom. The van der Waals surface area contributed by atoms with Crippen molar-refractivity contribution in [2.45, 2.75) is 26.4 Å². The highest BCUT2D eigenvalue weighted by Crippen LogP contribution is 2.54. The number of halogens is 1. The predicted octanol–water partition coefficient (Wildman–Crippen LogP) is 3.89. The lowest BCUT2D eigenvalue weighted by Crippen LogP contribution is -2.70. The standard InChI is InChI=1S/C19H22IN3/c1-18-8-19(2)11-22(9-18)17(23(10-18)12-19)14-7-13-5-3-4-6-15(13)21-16(14)20/h3-7,17H,8-12H2,1-2H3. The van der Waals surface area contributed by atoms with Crippen molar-refractivity contribution in [3.8, 4) is 0 Å². The van der Waals surface area contributed by atoms with E-state index in [1.165, 1.54) is 43.5 Å². The second-order valence-electron chi connectivity index (χ2n) is 8.54. The van der Waals surface area contributed by atoms with Crippen molar-refractivity contribution >= 4 is 33.5 Å². The van der Waals surface area contributed by atoms with E-state index in [-0.39, 0.29) is 0 Å². The van der Waals surface area contributed by atoms with Crippen LogP contribution >= 0.6 is 22.6 Å². The van der Waals surface area contributed by atoms with Gasteiger partial charge in [-0.2, -0.15) is 0 Å². The molecule has 4 fully saturated rings. The molecule has 3 nitrogen and oxygen atoms in total. The number of rotatable bonds is 1. The van der Waals surface area contributed by atoms with Crippen molar-refractivity contribution in [3.05, 3.63) is 39.6 Å². The van der Waals surface area contributed by atoms with Crippen molar-refractivity contribution in [1.82, 2.24) is 14.8 Å². The molecule has 4 aliphatic heterocycles. The Balaban J connectivity index is 1.62. The molecular weight excluding hydrogens is 397 g/mol. The lowest BCUT2D eigenvalue weighted by molar-refractivity contribution is -0.194. The normalized spacial score (nSPS) is 41.6. The maximum Gasteiger partial charge on any atom is 0.108 e. The third-order valence-electron chi connectivity index (χ3n) is 5.87. The van der Waals surface area contributed by atoms with Gasteiger partial charge in [-0.1, -0.05) is 32.0 Å². The largest absolute Gasteiger partial charge is 0.283 e. The van der Waals surface area contributed by atoms with Crippen molar-refractivity contribution in [2.75, 3.05) is 26.2 Å². The molecule has 4 bridgehead atoms. The molecule has 0 amide bonds. The number of hydrogen-bond acceptors (Lipinski definition) is 3. The third-order valence-corrected chi connectivity index (χ3v) is 6.73. The van der Waals surface area contributed by atoms with E-state index in [2.05, 4.69) is 76.6 Å². The number of para-hydroxylation sites is 1. The van der Waals surface area contributed by atoms with Crippen molar-refractivity contribution in [3.63, 3.8) is 0 Å². The smallest absolute Gasteiger partial charge is 0.108 e. The van der Waals surface area contributed by atoms with E-state index in [0.717, 1.165) is 9.22 Å². The van der Waals surface area contributed by atoms with E-state index in [9.17, 15) is 0 Å². The van der Waals surface area contributed by atoms with Gasteiger partial charge in [-0.3, -0.25) is 9.80 Å². The van der Waals surface area contributed by atoms with E-state index in [1.54, 1.807) is 0 Å². The quantitative estimate of drug-likeness (QED) is 0.517. The fraction of sp³-hybridized carbons (Fsp3) is 0.526. The molecule has 2 aromatic rings. The van der Waals surface area contributed by atoms with E-state index in [4.69, 9.17) is 4.98 Å². The lowest BCUT2D eigenvalue weighted by Gasteiger charge is -2.66. The van der Waals surface area contributed by atoms with Crippen LogP contribution in [0.15, 0.2) is 30.3 Å². The van der Waals surface area contributed by atoms with Crippen molar-refractivity contribution < 1.29 is 0 Å². The minimum Gasteiger partial charge on any atom is -0.283 e. The minimum atomic E-state index is 0.417. The number of aromatic nitrogens is 1. The van der Waals surface area contributed by atoms with Crippen LogP contribution in [0.4, 0.5) is 0 Å². The molecule has 1 aromatic carbocycles. The van der Waals surface area contributed by atoms with Crippen LogP contribution in [0.2, 0.25) is 0 Å². The summed E-state index contributed by atoms with van der Waals surface area (Å²) < 4.78 is 1.16. The Morgan fingerprint density at radius 3 is 2.30 bits per heavy atom. The van der Waals surface area contributed by atoms with Crippen LogP contribution in [-0.2, 0) is 0 Å². The summed E-state index contributed by atoms with van der Waals surface area (Å²) in [5.41, 5.74) is 3.44. The van der Waals surface area contributed by atoms with Gasteiger partial charge in [0.05, 0.1) is 11.7 Å². The van der Waals surface area contributed by atoms with Gasteiger partial charge < -0.3 is 0 Å². The van der Waals surface area contributed by atoms with Crippen LogP contribution < -0.4 is 0 Å². The Bertz CT molecular complexity index is 766. The van der Waals surface area contributed by atoms with Crippen LogP contribution in [0.5, 0.6) is 0 Å². The molecule has 5 heterocycles. The zero-order chi connectivity index (χ0) is 15.8. The molecule has 1 aromatic heterocycles. The molecule has 0 N–H and O–H groups in total. The summed E-state index contributed by atoms with van der Waals surface area (Å²) in [4.78, 5) is 10.3. The zero-order valence-corrected chi connectivity index (χ0v) is 15.9. The van der Waals surface area contributed by atoms with E-state index >= 15 is 0 Å². The first-order chi connectivity index (χ1) is 10.9. The number of nitrogens with zero attached hydrogens (tertiary/aromatic N) is 3. The Kier molecular flexibility index (Phi) is 2.97. The summed E-state index contributed by atoms with van der Waals surface area (Å²) in [6, 6.07) is 10.9. The molecule has 0 atom stereocenters. The molecule has 120 valence electrons. The van der Waals surface area contributed by atoms with Crippen LogP contribution in [-0.4, -0.2) is 41.0 Å². The van der Waals surface area contributed by atoms with E-state index in [0.29, 0.717) is 17.0 Å². The van der Waals surface area contributed by atoms with Crippen LogP contribution in [0.3, 0.4) is 0 Å². The zero-order valence-electron chi connectivity index (χ0n) is 13.7. The first kappa shape index (κ1) is 14.6. The highest BCUT2D eigenvalue weighted by molar-refractivity contribution is 14.1. The van der Waals surface area contributed by atoms with Gasteiger partial charge in [0.15, 0.2) is 0 Å². The second-order valence-corrected chi connectivity index (χ2v) is 9.56. The minimum absolute atomic E-state index is 0.417. The molecule has 23 heavy (non-hydrogen) atoms.